The molecule has 0 aliphatic heterocycles. The molecule has 1 heterocycles. The Morgan fingerprint density at radius 2 is 2.33 bits per heavy atom. The monoisotopic (exact) mass is 254 g/mol. The van der Waals surface area contributed by atoms with Crippen molar-refractivity contribution in [2.24, 2.45) is 0 Å². The number of nitrogens with zero attached hydrogens (tertiary/aromatic N) is 1. The van der Waals surface area contributed by atoms with Crippen molar-refractivity contribution in [2.75, 3.05) is 13.1 Å². The molecule has 18 heavy (non-hydrogen) atoms. The fraction of sp³-hybridized carbons (Fsp3) is 0.545. The van der Waals surface area contributed by atoms with Crippen LogP contribution in [-0.2, 0) is 16.0 Å². The van der Waals surface area contributed by atoms with Crippen LogP contribution in [0, 0.1) is 0 Å². The maximum atomic E-state index is 11.5. The highest BCUT2D eigenvalue weighted by Crippen LogP contribution is 1.98. The van der Waals surface area contributed by atoms with Gasteiger partial charge >= 0.3 is 5.97 Å². The highest BCUT2D eigenvalue weighted by Gasteiger charge is 2.20. The zero-order valence-electron chi connectivity index (χ0n) is 10.3. The van der Waals surface area contributed by atoms with E-state index in [1.54, 1.807) is 0 Å². The molecule has 7 nitrogen and oxygen atoms in total. The summed E-state index contributed by atoms with van der Waals surface area (Å²) in [5.74, 6) is -1.39. The van der Waals surface area contributed by atoms with Crippen molar-refractivity contribution in [3.8, 4) is 0 Å². The molecule has 1 rings (SSSR count). The van der Waals surface area contributed by atoms with Gasteiger partial charge in [0.05, 0.1) is 12.9 Å². The molecule has 0 aromatic carbocycles. The maximum absolute atomic E-state index is 11.5. The van der Waals surface area contributed by atoms with E-state index in [0.29, 0.717) is 5.69 Å². The predicted octanol–water partition coefficient (Wildman–Crippen LogP) is -0.479. The van der Waals surface area contributed by atoms with E-state index < -0.39 is 12.0 Å². The lowest BCUT2D eigenvalue weighted by molar-refractivity contribution is -0.141. The van der Waals surface area contributed by atoms with Crippen LogP contribution in [0.15, 0.2) is 12.5 Å². The number of nitrogens with one attached hydrogen (secondary N) is 3. The molecular formula is C11H18N4O3. The number of rotatable bonds is 8. The number of carbonyl (C=O) groups excluding carboxylic acids is 1. The Morgan fingerprint density at radius 1 is 1.56 bits per heavy atom. The van der Waals surface area contributed by atoms with Crippen LogP contribution in [-0.4, -0.2) is 46.1 Å². The molecule has 100 valence electrons. The molecule has 0 spiro atoms. The average molecular weight is 254 g/mol. The fourth-order valence-corrected chi connectivity index (χ4v) is 1.44. The second-order valence-corrected chi connectivity index (χ2v) is 3.92. The SMILES string of the molecule is CCCNCC(=O)N[C@@H](Cc1cnc[nH]1)C(=O)O. The van der Waals surface area contributed by atoms with E-state index >= 15 is 0 Å². The number of amides is 1. The molecule has 0 saturated carbocycles. The summed E-state index contributed by atoms with van der Waals surface area (Å²) in [4.78, 5) is 29.1. The molecule has 0 aliphatic rings. The summed E-state index contributed by atoms with van der Waals surface area (Å²) >= 11 is 0. The smallest absolute Gasteiger partial charge is 0.326 e. The Hall–Kier alpha value is -1.89. The summed E-state index contributed by atoms with van der Waals surface area (Å²) < 4.78 is 0. The highest BCUT2D eigenvalue weighted by atomic mass is 16.4. The summed E-state index contributed by atoms with van der Waals surface area (Å²) in [6, 6.07) is -0.943. The summed E-state index contributed by atoms with van der Waals surface area (Å²) in [5, 5.41) is 14.4. The van der Waals surface area contributed by atoms with Gasteiger partial charge in [0.15, 0.2) is 0 Å². The number of carbonyl (C=O) groups is 2. The molecule has 0 saturated heterocycles. The predicted molar refractivity (Wildman–Crippen MR) is 65.0 cm³/mol. The quantitative estimate of drug-likeness (QED) is 0.469. The topological polar surface area (TPSA) is 107 Å². The summed E-state index contributed by atoms with van der Waals surface area (Å²) in [6.45, 7) is 2.84. The Morgan fingerprint density at radius 3 is 2.89 bits per heavy atom. The second kappa shape index (κ2) is 7.44. The van der Waals surface area contributed by atoms with Crippen LogP contribution >= 0.6 is 0 Å². The lowest BCUT2D eigenvalue weighted by Crippen LogP contribution is -2.45. The zero-order valence-corrected chi connectivity index (χ0v) is 10.3. The first-order valence-electron chi connectivity index (χ1n) is 5.83. The van der Waals surface area contributed by atoms with E-state index in [2.05, 4.69) is 20.6 Å². The maximum Gasteiger partial charge on any atom is 0.326 e. The molecule has 1 aromatic rings. The number of H-pyrrole nitrogens is 1. The number of hydrogen-bond acceptors (Lipinski definition) is 4. The molecule has 0 aliphatic carbocycles. The van der Waals surface area contributed by atoms with Gasteiger partial charge < -0.3 is 20.7 Å². The molecule has 0 radical (unpaired) electrons. The Bertz CT molecular complexity index is 378. The van der Waals surface area contributed by atoms with Crippen molar-refractivity contribution in [3.63, 3.8) is 0 Å². The molecule has 0 bridgehead atoms. The van der Waals surface area contributed by atoms with Crippen molar-refractivity contribution >= 4 is 11.9 Å². The van der Waals surface area contributed by atoms with E-state index in [1.165, 1.54) is 12.5 Å². The summed E-state index contributed by atoms with van der Waals surface area (Å²) in [5.41, 5.74) is 0.671. The minimum atomic E-state index is -1.06. The lowest BCUT2D eigenvalue weighted by Gasteiger charge is -2.13. The van der Waals surface area contributed by atoms with E-state index in [4.69, 9.17) is 5.11 Å². The van der Waals surface area contributed by atoms with E-state index in [0.717, 1.165) is 13.0 Å². The third kappa shape index (κ3) is 4.96. The first kappa shape index (κ1) is 14.2. The van der Waals surface area contributed by atoms with Crippen molar-refractivity contribution in [3.05, 3.63) is 18.2 Å². The number of aliphatic carboxylic acids is 1. The van der Waals surface area contributed by atoms with Gasteiger partial charge in [0, 0.05) is 18.3 Å². The van der Waals surface area contributed by atoms with Crippen LogP contribution in [0.4, 0.5) is 0 Å². The van der Waals surface area contributed by atoms with Gasteiger partial charge in [-0.3, -0.25) is 4.79 Å². The van der Waals surface area contributed by atoms with Gasteiger partial charge in [0.2, 0.25) is 5.91 Å². The molecule has 0 fully saturated rings. The van der Waals surface area contributed by atoms with Crippen molar-refractivity contribution in [1.82, 2.24) is 20.6 Å². The number of aromatic amines is 1. The van der Waals surface area contributed by atoms with Crippen LogP contribution < -0.4 is 10.6 Å². The largest absolute Gasteiger partial charge is 0.480 e. The first-order chi connectivity index (χ1) is 8.63. The van der Waals surface area contributed by atoms with Crippen LogP contribution in [0.2, 0.25) is 0 Å². The normalized spacial score (nSPS) is 12.1. The van der Waals surface area contributed by atoms with Crippen molar-refractivity contribution in [2.45, 2.75) is 25.8 Å². The Balaban J connectivity index is 2.42. The lowest BCUT2D eigenvalue weighted by atomic mass is 10.1. The number of imidazole rings is 1. The number of carboxylic acid groups (broad SMARTS) is 1. The second-order valence-electron chi connectivity index (χ2n) is 3.92. The standard InChI is InChI=1S/C11H18N4O3/c1-2-3-12-6-10(16)15-9(11(17)18)4-8-5-13-7-14-8/h5,7,9,12H,2-4,6H2,1H3,(H,13,14)(H,15,16)(H,17,18)/t9-/m0/s1. The van der Waals surface area contributed by atoms with Crippen molar-refractivity contribution < 1.29 is 14.7 Å². The highest BCUT2D eigenvalue weighted by molar-refractivity contribution is 5.84. The van der Waals surface area contributed by atoms with Gasteiger partial charge in [0.25, 0.3) is 0 Å². The minimum Gasteiger partial charge on any atom is -0.480 e. The average Bonchev–Trinajstić information content (AvgIpc) is 2.81. The van der Waals surface area contributed by atoms with Crippen LogP contribution in [0.25, 0.3) is 0 Å². The number of hydrogen-bond donors (Lipinski definition) is 4. The van der Waals surface area contributed by atoms with E-state index in [9.17, 15) is 9.59 Å². The molecular weight excluding hydrogens is 236 g/mol. The number of aromatic nitrogens is 2. The third-order valence-electron chi connectivity index (χ3n) is 2.32. The van der Waals surface area contributed by atoms with Crippen LogP contribution in [0.5, 0.6) is 0 Å². The zero-order chi connectivity index (χ0) is 13.4. The van der Waals surface area contributed by atoms with Gasteiger partial charge in [-0.05, 0) is 13.0 Å². The Labute approximate surface area is 105 Å². The van der Waals surface area contributed by atoms with E-state index in [-0.39, 0.29) is 18.9 Å². The molecule has 1 amide bonds. The number of carboxylic acids is 1. The van der Waals surface area contributed by atoms with Crippen molar-refractivity contribution in [1.29, 1.82) is 0 Å². The Kier molecular flexibility index (Phi) is 5.86. The van der Waals surface area contributed by atoms with Gasteiger partial charge in [-0.1, -0.05) is 6.92 Å². The van der Waals surface area contributed by atoms with Crippen LogP contribution in [0.3, 0.4) is 0 Å². The van der Waals surface area contributed by atoms with Crippen LogP contribution in [0.1, 0.15) is 19.0 Å². The molecule has 0 unspecified atom stereocenters. The summed E-state index contributed by atoms with van der Waals surface area (Å²) in [7, 11) is 0. The summed E-state index contributed by atoms with van der Waals surface area (Å²) in [6.07, 6.45) is 4.12. The molecule has 7 heteroatoms. The third-order valence-corrected chi connectivity index (χ3v) is 2.32. The minimum absolute atomic E-state index is 0.126. The van der Waals surface area contributed by atoms with Gasteiger partial charge in [0.1, 0.15) is 6.04 Å². The fourth-order valence-electron chi connectivity index (χ4n) is 1.44. The van der Waals surface area contributed by atoms with Gasteiger partial charge in [-0.15, -0.1) is 0 Å². The molecule has 1 atom stereocenters. The van der Waals surface area contributed by atoms with Gasteiger partial charge in [-0.2, -0.15) is 0 Å². The molecule has 1 aromatic heterocycles. The van der Waals surface area contributed by atoms with E-state index in [1.807, 2.05) is 6.92 Å². The van der Waals surface area contributed by atoms with Gasteiger partial charge in [-0.25, -0.2) is 9.78 Å². The first-order valence-corrected chi connectivity index (χ1v) is 5.83. The molecule has 4 N–H and O–H groups in total.